The van der Waals surface area contributed by atoms with Gasteiger partial charge in [-0.25, -0.2) is 0 Å². The SMILES string of the molecule is CC1(C)c2c(-c3cc(C#N)ccn3)[c-]ccc2-c2ccc3ccccc3c21.[Ir].[c-]1cc2sc3ccccc3c2cc1-c1ccccn1. The molecule has 0 aliphatic heterocycles. The second-order valence-electron chi connectivity index (χ2n) is 12.0. The van der Waals surface area contributed by atoms with Crippen molar-refractivity contribution in [3.63, 3.8) is 0 Å². The van der Waals surface area contributed by atoms with E-state index in [4.69, 9.17) is 0 Å². The Morgan fingerprint density at radius 2 is 1.45 bits per heavy atom. The fourth-order valence-electron chi connectivity index (χ4n) is 6.84. The number of nitriles is 1. The van der Waals surface area contributed by atoms with Crippen LogP contribution in [0.2, 0.25) is 0 Å². The average Bonchev–Trinajstić information content (AvgIpc) is 3.60. The zero-order valence-electron chi connectivity index (χ0n) is 25.7. The van der Waals surface area contributed by atoms with Crippen molar-refractivity contribution in [2.75, 3.05) is 0 Å². The Hall–Kier alpha value is -4.98. The van der Waals surface area contributed by atoms with Gasteiger partial charge in [0.05, 0.1) is 6.07 Å². The van der Waals surface area contributed by atoms with Gasteiger partial charge in [-0.05, 0) is 67.0 Å². The van der Waals surface area contributed by atoms with Crippen molar-refractivity contribution in [1.29, 1.82) is 5.26 Å². The summed E-state index contributed by atoms with van der Waals surface area (Å²) >= 11 is 1.81. The number of thiophene rings is 1. The van der Waals surface area contributed by atoms with E-state index in [1.165, 1.54) is 53.2 Å². The van der Waals surface area contributed by atoms with Gasteiger partial charge in [-0.15, -0.1) is 53.1 Å². The van der Waals surface area contributed by atoms with E-state index in [1.54, 1.807) is 12.3 Å². The molecular weight excluding hydrogens is 771 g/mol. The molecule has 47 heavy (non-hydrogen) atoms. The molecule has 9 rings (SSSR count). The molecule has 3 heterocycles. The van der Waals surface area contributed by atoms with Gasteiger partial charge in [0.15, 0.2) is 0 Å². The predicted octanol–water partition coefficient (Wildman–Crippen LogP) is 10.8. The number of pyridine rings is 2. The van der Waals surface area contributed by atoms with Crippen LogP contribution in [0.4, 0.5) is 0 Å². The maximum Gasteiger partial charge on any atom is 0.0984 e. The first kappa shape index (κ1) is 30.7. The van der Waals surface area contributed by atoms with Crippen LogP contribution in [-0.4, -0.2) is 9.97 Å². The standard InChI is InChI=1S/C25H17N2.C17H10NS.Ir/c1-25(2)23-18-7-4-3-6-17(18)10-11-20(23)19-8-5-9-21(24(19)25)22-14-16(15-26)12-13-27-22;1-2-7-16-13(5-1)14-11-12(8-9-17(14)19-16)15-6-3-4-10-18-15;/h3-8,10-14H,1-2H3;1-7,9-11H;/q2*-1;. The van der Waals surface area contributed by atoms with E-state index in [0.29, 0.717) is 5.56 Å². The Bertz CT molecular complexity index is 2470. The van der Waals surface area contributed by atoms with Crippen molar-refractivity contribution in [2.45, 2.75) is 19.3 Å². The zero-order chi connectivity index (χ0) is 31.3. The molecule has 227 valence electrons. The summed E-state index contributed by atoms with van der Waals surface area (Å²) in [5.41, 5.74) is 9.35. The summed E-state index contributed by atoms with van der Waals surface area (Å²) in [4.78, 5) is 8.94. The second-order valence-corrected chi connectivity index (χ2v) is 13.0. The van der Waals surface area contributed by atoms with Gasteiger partial charge in [0.25, 0.3) is 0 Å². The molecule has 5 heteroatoms. The minimum absolute atomic E-state index is 0. The summed E-state index contributed by atoms with van der Waals surface area (Å²) in [6, 6.07) is 48.4. The molecule has 1 aliphatic rings. The minimum Gasteiger partial charge on any atom is -0.305 e. The summed E-state index contributed by atoms with van der Waals surface area (Å²) in [6.07, 6.45) is 3.52. The van der Waals surface area contributed by atoms with E-state index in [1.807, 2.05) is 47.9 Å². The van der Waals surface area contributed by atoms with Crippen LogP contribution in [-0.2, 0) is 25.5 Å². The van der Waals surface area contributed by atoms with E-state index in [2.05, 4.69) is 121 Å². The van der Waals surface area contributed by atoms with Crippen molar-refractivity contribution in [3.8, 4) is 39.7 Å². The molecule has 0 saturated carbocycles. The molecule has 0 spiro atoms. The maximum atomic E-state index is 9.28. The van der Waals surface area contributed by atoms with Crippen LogP contribution in [0.25, 0.3) is 64.6 Å². The zero-order valence-corrected chi connectivity index (χ0v) is 28.9. The Labute approximate surface area is 291 Å². The monoisotopic (exact) mass is 798 g/mol. The first-order valence-electron chi connectivity index (χ1n) is 15.2. The van der Waals surface area contributed by atoms with E-state index in [-0.39, 0.29) is 25.5 Å². The third-order valence-corrected chi connectivity index (χ3v) is 10.00. The first-order valence-corrected chi connectivity index (χ1v) is 16.0. The number of hydrogen-bond acceptors (Lipinski definition) is 4. The van der Waals surface area contributed by atoms with Crippen LogP contribution in [0.1, 0.15) is 30.5 Å². The summed E-state index contributed by atoms with van der Waals surface area (Å²) in [7, 11) is 0. The summed E-state index contributed by atoms with van der Waals surface area (Å²) in [6.45, 7) is 4.55. The Morgan fingerprint density at radius 3 is 2.28 bits per heavy atom. The molecule has 0 amide bonds. The molecular formula is C42H27IrN3S-2. The summed E-state index contributed by atoms with van der Waals surface area (Å²) in [5.74, 6) is 0. The number of nitrogens with zero attached hydrogens (tertiary/aromatic N) is 3. The van der Waals surface area contributed by atoms with Gasteiger partial charge in [-0.3, -0.25) is 0 Å². The fourth-order valence-corrected chi connectivity index (χ4v) is 7.91. The van der Waals surface area contributed by atoms with Gasteiger partial charge in [0.2, 0.25) is 0 Å². The number of hydrogen-bond donors (Lipinski definition) is 0. The minimum atomic E-state index is -0.178. The summed E-state index contributed by atoms with van der Waals surface area (Å²) in [5, 5.41) is 14.4. The molecule has 0 N–H and O–H groups in total. The third kappa shape index (κ3) is 5.25. The van der Waals surface area contributed by atoms with Crippen LogP contribution >= 0.6 is 11.3 Å². The Kier molecular flexibility index (Phi) is 8.04. The fraction of sp³-hybridized carbons (Fsp3) is 0.0714. The molecule has 3 nitrogen and oxygen atoms in total. The van der Waals surface area contributed by atoms with Crippen molar-refractivity contribution in [1.82, 2.24) is 9.97 Å². The van der Waals surface area contributed by atoms with Gasteiger partial charge in [0.1, 0.15) is 0 Å². The molecule has 0 bridgehead atoms. The molecule has 5 aromatic carbocycles. The topological polar surface area (TPSA) is 49.6 Å². The van der Waals surface area contributed by atoms with Gasteiger partial charge in [-0.2, -0.15) is 16.6 Å². The summed E-state index contributed by atoms with van der Waals surface area (Å²) < 4.78 is 2.60. The molecule has 1 aliphatic carbocycles. The van der Waals surface area contributed by atoms with Gasteiger partial charge in [-0.1, -0.05) is 97.6 Å². The van der Waals surface area contributed by atoms with Gasteiger partial charge >= 0.3 is 0 Å². The van der Waals surface area contributed by atoms with Crippen LogP contribution in [0.15, 0.2) is 128 Å². The molecule has 3 aromatic heterocycles. The smallest absolute Gasteiger partial charge is 0.0984 e. The van der Waals surface area contributed by atoms with Crippen molar-refractivity contribution in [2.24, 2.45) is 0 Å². The van der Waals surface area contributed by atoms with Crippen LogP contribution < -0.4 is 0 Å². The van der Waals surface area contributed by atoms with Gasteiger partial charge < -0.3 is 9.97 Å². The molecule has 0 unspecified atom stereocenters. The normalized spacial score (nSPS) is 12.4. The van der Waals surface area contributed by atoms with Crippen LogP contribution in [0.5, 0.6) is 0 Å². The van der Waals surface area contributed by atoms with Crippen LogP contribution in [0, 0.1) is 23.5 Å². The third-order valence-electron chi connectivity index (χ3n) is 8.86. The molecule has 0 saturated heterocycles. The molecule has 0 fully saturated rings. The van der Waals surface area contributed by atoms with Crippen molar-refractivity contribution in [3.05, 3.63) is 156 Å². The molecule has 1 radical (unpaired) electrons. The number of aromatic nitrogens is 2. The number of benzene rings is 5. The quantitative estimate of drug-likeness (QED) is 0.164. The number of fused-ring (bicyclic) bond motifs is 8. The van der Waals surface area contributed by atoms with Crippen molar-refractivity contribution >= 4 is 42.3 Å². The predicted molar refractivity (Wildman–Crippen MR) is 190 cm³/mol. The Morgan fingerprint density at radius 1 is 0.681 bits per heavy atom. The van der Waals surface area contributed by atoms with E-state index in [0.717, 1.165) is 22.5 Å². The maximum absolute atomic E-state index is 9.28. The van der Waals surface area contributed by atoms with Gasteiger partial charge in [0, 0.05) is 42.8 Å². The van der Waals surface area contributed by atoms with E-state index < -0.39 is 0 Å². The van der Waals surface area contributed by atoms with Crippen molar-refractivity contribution < 1.29 is 20.1 Å². The first-order chi connectivity index (χ1) is 22.5. The number of rotatable bonds is 2. The van der Waals surface area contributed by atoms with E-state index in [9.17, 15) is 5.26 Å². The van der Waals surface area contributed by atoms with E-state index >= 15 is 0 Å². The Balaban J connectivity index is 0.000000155. The average molecular weight is 798 g/mol. The van der Waals surface area contributed by atoms with Crippen LogP contribution in [0.3, 0.4) is 0 Å². The largest absolute Gasteiger partial charge is 0.305 e. The molecule has 0 atom stereocenters. The molecule has 8 aromatic rings. The second kappa shape index (κ2) is 12.3.